The van der Waals surface area contributed by atoms with E-state index in [0.717, 1.165) is 42.3 Å². The third-order valence-electron chi connectivity index (χ3n) is 3.53. The minimum atomic E-state index is 0. The second-order valence-electron chi connectivity index (χ2n) is 5.01. The Labute approximate surface area is 148 Å². The molecule has 1 aromatic rings. The predicted molar refractivity (Wildman–Crippen MR) is 82.6 cm³/mol. The van der Waals surface area contributed by atoms with Gasteiger partial charge in [-0.1, -0.05) is 15.9 Å². The summed E-state index contributed by atoms with van der Waals surface area (Å²) in [5, 5.41) is 6.97. The molecule has 1 heterocycles. The SMILES string of the molecule is CCOc1ccc(Br)cc1CNCC1CCNCC1.[Cl-].[Cl-]. The number of rotatable bonds is 6. The van der Waals surface area contributed by atoms with E-state index < -0.39 is 0 Å². The van der Waals surface area contributed by atoms with Crippen molar-refractivity contribution in [3.05, 3.63) is 28.2 Å². The molecule has 6 heteroatoms. The van der Waals surface area contributed by atoms with E-state index in [9.17, 15) is 0 Å². The van der Waals surface area contributed by atoms with Gasteiger partial charge in [0.1, 0.15) is 5.75 Å². The smallest absolute Gasteiger partial charge is 0.123 e. The summed E-state index contributed by atoms with van der Waals surface area (Å²) >= 11 is 3.52. The lowest BCUT2D eigenvalue weighted by Gasteiger charge is -2.23. The first kappa shape index (κ1) is 21.0. The van der Waals surface area contributed by atoms with Crippen LogP contribution < -0.4 is 40.2 Å². The molecule has 1 saturated heterocycles. The molecule has 2 N–H and O–H groups in total. The lowest BCUT2D eigenvalue weighted by molar-refractivity contribution is -0.00100. The molecular formula is C15H23BrCl2N2O-2. The molecule has 21 heavy (non-hydrogen) atoms. The molecule has 0 aliphatic carbocycles. The first-order valence-electron chi connectivity index (χ1n) is 7.12. The molecule has 0 atom stereocenters. The molecule has 0 amide bonds. The molecule has 0 saturated carbocycles. The van der Waals surface area contributed by atoms with Crippen molar-refractivity contribution in [3.63, 3.8) is 0 Å². The average molecular weight is 398 g/mol. The molecule has 2 rings (SSSR count). The molecule has 0 spiro atoms. The van der Waals surface area contributed by atoms with Crippen molar-refractivity contribution in [2.24, 2.45) is 5.92 Å². The van der Waals surface area contributed by atoms with E-state index in [4.69, 9.17) is 4.74 Å². The summed E-state index contributed by atoms with van der Waals surface area (Å²) in [5.74, 6) is 1.80. The number of hydrogen-bond acceptors (Lipinski definition) is 3. The molecule has 1 aliphatic heterocycles. The van der Waals surface area contributed by atoms with E-state index in [-0.39, 0.29) is 24.8 Å². The van der Waals surface area contributed by atoms with Crippen LogP contribution in [0.3, 0.4) is 0 Å². The van der Waals surface area contributed by atoms with Crippen LogP contribution in [-0.2, 0) is 6.54 Å². The van der Waals surface area contributed by atoms with Crippen LogP contribution in [0.4, 0.5) is 0 Å². The number of ether oxygens (including phenoxy) is 1. The van der Waals surface area contributed by atoms with Crippen LogP contribution >= 0.6 is 15.9 Å². The number of benzene rings is 1. The fourth-order valence-corrected chi connectivity index (χ4v) is 2.89. The normalized spacial score (nSPS) is 15.0. The Morgan fingerprint density at radius 1 is 1.29 bits per heavy atom. The minimum Gasteiger partial charge on any atom is -1.00 e. The summed E-state index contributed by atoms with van der Waals surface area (Å²) in [4.78, 5) is 0. The van der Waals surface area contributed by atoms with Crippen molar-refractivity contribution in [2.75, 3.05) is 26.2 Å². The van der Waals surface area contributed by atoms with Crippen molar-refractivity contribution in [1.82, 2.24) is 10.6 Å². The van der Waals surface area contributed by atoms with E-state index in [2.05, 4.69) is 32.6 Å². The average Bonchev–Trinajstić information content (AvgIpc) is 2.43. The molecule has 1 aromatic carbocycles. The standard InChI is InChI=1S/C15H23BrN2O.2ClH/c1-2-19-15-4-3-14(16)9-13(15)11-18-10-12-5-7-17-8-6-12;;/h3-4,9,12,17-18H,2,5-8,10-11H2,1H3;2*1H/p-2. The van der Waals surface area contributed by atoms with Crippen molar-refractivity contribution in [1.29, 1.82) is 0 Å². The van der Waals surface area contributed by atoms with Gasteiger partial charge in [-0.05, 0) is 63.5 Å². The highest BCUT2D eigenvalue weighted by Crippen LogP contribution is 2.23. The molecule has 122 valence electrons. The number of halogens is 3. The second kappa shape index (κ2) is 11.6. The van der Waals surface area contributed by atoms with Gasteiger partial charge in [0, 0.05) is 16.6 Å². The number of piperidine rings is 1. The molecule has 0 bridgehead atoms. The van der Waals surface area contributed by atoms with Crippen molar-refractivity contribution < 1.29 is 29.6 Å². The van der Waals surface area contributed by atoms with E-state index in [1.165, 1.54) is 18.4 Å². The summed E-state index contributed by atoms with van der Waals surface area (Å²) in [5.41, 5.74) is 1.23. The Balaban J connectivity index is 0.00000200. The van der Waals surface area contributed by atoms with Crippen molar-refractivity contribution in [3.8, 4) is 5.75 Å². The lowest BCUT2D eigenvalue weighted by Crippen LogP contribution is -3.00. The Hall–Kier alpha value is -0.000000000000000222. The van der Waals surface area contributed by atoms with E-state index in [1.54, 1.807) is 0 Å². The van der Waals surface area contributed by atoms with Gasteiger partial charge in [0.15, 0.2) is 0 Å². The molecule has 1 fully saturated rings. The Bertz CT molecular complexity index is 401. The maximum atomic E-state index is 5.66. The molecular weight excluding hydrogens is 375 g/mol. The third kappa shape index (κ3) is 7.20. The quantitative estimate of drug-likeness (QED) is 0.535. The first-order valence-corrected chi connectivity index (χ1v) is 7.91. The van der Waals surface area contributed by atoms with Gasteiger partial charge in [0.05, 0.1) is 6.61 Å². The van der Waals surface area contributed by atoms with Crippen LogP contribution in [-0.4, -0.2) is 26.2 Å². The molecule has 3 nitrogen and oxygen atoms in total. The lowest BCUT2D eigenvalue weighted by atomic mass is 9.98. The van der Waals surface area contributed by atoms with Crippen molar-refractivity contribution in [2.45, 2.75) is 26.3 Å². The van der Waals surface area contributed by atoms with Crippen LogP contribution in [0.15, 0.2) is 22.7 Å². The largest absolute Gasteiger partial charge is 1.00 e. The molecule has 0 unspecified atom stereocenters. The van der Waals surface area contributed by atoms with Crippen LogP contribution in [0.5, 0.6) is 5.75 Å². The number of nitrogens with one attached hydrogen (secondary N) is 2. The van der Waals surface area contributed by atoms with Crippen LogP contribution in [0.2, 0.25) is 0 Å². The summed E-state index contributed by atoms with van der Waals surface area (Å²) in [6, 6.07) is 6.21. The van der Waals surface area contributed by atoms with E-state index in [0.29, 0.717) is 6.61 Å². The van der Waals surface area contributed by atoms with Gasteiger partial charge in [0.25, 0.3) is 0 Å². The van der Waals surface area contributed by atoms with Crippen LogP contribution in [0.1, 0.15) is 25.3 Å². The van der Waals surface area contributed by atoms with Crippen LogP contribution in [0.25, 0.3) is 0 Å². The Kier molecular flexibility index (Phi) is 11.6. The maximum Gasteiger partial charge on any atom is 0.123 e. The second-order valence-corrected chi connectivity index (χ2v) is 5.93. The first-order chi connectivity index (χ1) is 9.29. The zero-order valence-corrected chi connectivity index (χ0v) is 15.4. The molecule has 1 aliphatic rings. The molecule has 0 radical (unpaired) electrons. The number of hydrogen-bond donors (Lipinski definition) is 2. The fraction of sp³-hybridized carbons (Fsp3) is 0.600. The third-order valence-corrected chi connectivity index (χ3v) is 4.02. The monoisotopic (exact) mass is 396 g/mol. The predicted octanol–water partition coefficient (Wildman–Crippen LogP) is -3.05. The zero-order chi connectivity index (χ0) is 13.5. The summed E-state index contributed by atoms with van der Waals surface area (Å²) in [6.45, 7) is 7.02. The van der Waals surface area contributed by atoms with Gasteiger partial charge < -0.3 is 40.2 Å². The highest BCUT2D eigenvalue weighted by atomic mass is 79.9. The Morgan fingerprint density at radius 3 is 2.67 bits per heavy atom. The van der Waals surface area contributed by atoms with Gasteiger partial charge in [-0.15, -0.1) is 0 Å². The van der Waals surface area contributed by atoms with Gasteiger partial charge in [0.2, 0.25) is 0 Å². The van der Waals surface area contributed by atoms with E-state index >= 15 is 0 Å². The summed E-state index contributed by atoms with van der Waals surface area (Å²) in [6.07, 6.45) is 2.56. The van der Waals surface area contributed by atoms with Gasteiger partial charge in [-0.2, -0.15) is 0 Å². The fourth-order valence-electron chi connectivity index (χ4n) is 2.48. The summed E-state index contributed by atoms with van der Waals surface area (Å²) in [7, 11) is 0. The maximum absolute atomic E-state index is 5.66. The van der Waals surface area contributed by atoms with Gasteiger partial charge in [-0.3, -0.25) is 0 Å². The van der Waals surface area contributed by atoms with Gasteiger partial charge >= 0.3 is 0 Å². The minimum absolute atomic E-state index is 0. The highest BCUT2D eigenvalue weighted by molar-refractivity contribution is 9.10. The van der Waals surface area contributed by atoms with Crippen LogP contribution in [0, 0.1) is 5.92 Å². The molecule has 0 aromatic heterocycles. The highest BCUT2D eigenvalue weighted by Gasteiger charge is 2.12. The Morgan fingerprint density at radius 2 is 2.00 bits per heavy atom. The zero-order valence-electron chi connectivity index (χ0n) is 12.3. The summed E-state index contributed by atoms with van der Waals surface area (Å²) < 4.78 is 6.77. The van der Waals surface area contributed by atoms with Gasteiger partial charge in [-0.25, -0.2) is 0 Å². The van der Waals surface area contributed by atoms with E-state index in [1.807, 2.05) is 19.1 Å². The topological polar surface area (TPSA) is 33.3 Å². The van der Waals surface area contributed by atoms with Crippen molar-refractivity contribution >= 4 is 15.9 Å².